The van der Waals surface area contributed by atoms with Gasteiger partial charge in [0.1, 0.15) is 11.5 Å². The van der Waals surface area contributed by atoms with Gasteiger partial charge in [-0.3, -0.25) is 4.79 Å². The highest BCUT2D eigenvalue weighted by Gasteiger charge is 2.39. The molecule has 84 valence electrons. The van der Waals surface area contributed by atoms with E-state index in [1.165, 1.54) is 12.1 Å². The van der Waals surface area contributed by atoms with Crippen LogP contribution in [0.3, 0.4) is 0 Å². The van der Waals surface area contributed by atoms with E-state index in [4.69, 9.17) is 0 Å². The maximum atomic E-state index is 13.0. The molecule has 1 amide bonds. The average molecular weight is 221 g/mol. The molecule has 4 nitrogen and oxygen atoms in total. The van der Waals surface area contributed by atoms with Gasteiger partial charge in [-0.25, -0.2) is 4.39 Å². The Kier molecular flexibility index (Phi) is 1.91. The SMILES string of the molecule is O=C1N[C@@]2(CCNC2)Nc2ccc(F)cc21. The molecule has 1 saturated heterocycles. The number of carbonyl (C=O) groups excluding carboxylic acids is 1. The molecule has 1 aromatic rings. The zero-order valence-electron chi connectivity index (χ0n) is 8.64. The van der Waals surface area contributed by atoms with Crippen LogP contribution in [0.1, 0.15) is 16.8 Å². The standard InChI is InChI=1S/C11H12FN3O/c12-7-1-2-9-8(5-7)10(16)15-11(14-9)3-4-13-6-11/h1-2,5,13-14H,3-4,6H2,(H,15,16)/t11-/m1/s1. The first-order chi connectivity index (χ1) is 7.69. The number of hydrogen-bond acceptors (Lipinski definition) is 3. The predicted octanol–water partition coefficient (Wildman–Crippen LogP) is 0.671. The second-order valence-electron chi connectivity index (χ2n) is 4.28. The third kappa shape index (κ3) is 1.36. The minimum atomic E-state index is -0.401. The van der Waals surface area contributed by atoms with Crippen molar-refractivity contribution in [2.75, 3.05) is 18.4 Å². The third-order valence-electron chi connectivity index (χ3n) is 3.11. The van der Waals surface area contributed by atoms with Gasteiger partial charge in [-0.1, -0.05) is 0 Å². The summed E-state index contributed by atoms with van der Waals surface area (Å²) in [7, 11) is 0. The van der Waals surface area contributed by atoms with E-state index in [1.807, 2.05) is 0 Å². The van der Waals surface area contributed by atoms with Gasteiger partial charge in [0.15, 0.2) is 0 Å². The van der Waals surface area contributed by atoms with Crippen LogP contribution in [0.25, 0.3) is 0 Å². The third-order valence-corrected chi connectivity index (χ3v) is 3.11. The number of fused-ring (bicyclic) bond motifs is 1. The molecule has 1 fully saturated rings. The van der Waals surface area contributed by atoms with Crippen molar-refractivity contribution >= 4 is 11.6 Å². The van der Waals surface area contributed by atoms with E-state index < -0.39 is 11.5 Å². The first-order valence-corrected chi connectivity index (χ1v) is 5.30. The van der Waals surface area contributed by atoms with Gasteiger partial charge >= 0.3 is 0 Å². The van der Waals surface area contributed by atoms with E-state index in [0.29, 0.717) is 17.8 Å². The van der Waals surface area contributed by atoms with Crippen molar-refractivity contribution < 1.29 is 9.18 Å². The molecular weight excluding hydrogens is 209 g/mol. The molecule has 0 aliphatic carbocycles. The maximum absolute atomic E-state index is 13.0. The summed E-state index contributed by atoms with van der Waals surface area (Å²) in [6, 6.07) is 4.23. The lowest BCUT2D eigenvalue weighted by Gasteiger charge is -2.36. The molecule has 2 heterocycles. The molecule has 16 heavy (non-hydrogen) atoms. The Balaban J connectivity index is 2.02. The second-order valence-corrected chi connectivity index (χ2v) is 4.28. The zero-order chi connectivity index (χ0) is 11.2. The molecule has 0 aromatic heterocycles. The molecule has 5 heteroatoms. The highest BCUT2D eigenvalue weighted by atomic mass is 19.1. The molecule has 2 aliphatic rings. The monoisotopic (exact) mass is 221 g/mol. The largest absolute Gasteiger partial charge is 0.361 e. The molecule has 0 radical (unpaired) electrons. The number of anilines is 1. The van der Waals surface area contributed by atoms with Crippen LogP contribution < -0.4 is 16.0 Å². The number of hydrogen-bond donors (Lipinski definition) is 3. The Morgan fingerprint density at radius 2 is 2.19 bits per heavy atom. The molecule has 3 N–H and O–H groups in total. The Labute approximate surface area is 92.2 Å². The van der Waals surface area contributed by atoms with Crippen molar-refractivity contribution in [3.05, 3.63) is 29.6 Å². The molecule has 2 aliphatic heterocycles. The Hall–Kier alpha value is -1.62. The topological polar surface area (TPSA) is 53.2 Å². The zero-order valence-corrected chi connectivity index (χ0v) is 8.64. The lowest BCUT2D eigenvalue weighted by Crippen LogP contribution is -2.58. The quantitative estimate of drug-likeness (QED) is 0.603. The van der Waals surface area contributed by atoms with Gasteiger partial charge in [-0.05, 0) is 24.7 Å². The summed E-state index contributed by atoms with van der Waals surface area (Å²) < 4.78 is 13.0. The van der Waals surface area contributed by atoms with E-state index in [1.54, 1.807) is 6.07 Å². The fourth-order valence-electron chi connectivity index (χ4n) is 2.29. The van der Waals surface area contributed by atoms with Crippen LogP contribution in [0.2, 0.25) is 0 Å². The predicted molar refractivity (Wildman–Crippen MR) is 57.7 cm³/mol. The molecule has 1 atom stereocenters. The van der Waals surface area contributed by atoms with Crippen molar-refractivity contribution in [2.24, 2.45) is 0 Å². The fraction of sp³-hybridized carbons (Fsp3) is 0.364. The lowest BCUT2D eigenvalue weighted by molar-refractivity contribution is 0.0907. The average Bonchev–Trinajstić information content (AvgIpc) is 2.68. The first-order valence-electron chi connectivity index (χ1n) is 5.30. The Morgan fingerprint density at radius 1 is 1.31 bits per heavy atom. The van der Waals surface area contributed by atoms with Crippen molar-refractivity contribution in [3.8, 4) is 0 Å². The normalized spacial score (nSPS) is 27.4. The van der Waals surface area contributed by atoms with E-state index in [-0.39, 0.29) is 5.91 Å². The number of amides is 1. The fourth-order valence-corrected chi connectivity index (χ4v) is 2.29. The Bertz CT molecular complexity index is 455. The number of rotatable bonds is 0. The van der Waals surface area contributed by atoms with E-state index in [9.17, 15) is 9.18 Å². The molecule has 0 saturated carbocycles. The summed E-state index contributed by atoms with van der Waals surface area (Å²) >= 11 is 0. The molecule has 3 rings (SSSR count). The highest BCUT2D eigenvalue weighted by Crippen LogP contribution is 2.28. The van der Waals surface area contributed by atoms with Crippen LogP contribution in [0.5, 0.6) is 0 Å². The van der Waals surface area contributed by atoms with Gasteiger partial charge < -0.3 is 16.0 Å². The molecule has 1 spiro atoms. The summed E-state index contributed by atoms with van der Waals surface area (Å²) in [5, 5.41) is 9.36. The molecule has 0 bridgehead atoms. The van der Waals surface area contributed by atoms with Gasteiger partial charge in [0.05, 0.1) is 5.56 Å². The van der Waals surface area contributed by atoms with Crippen molar-refractivity contribution in [1.82, 2.24) is 10.6 Å². The highest BCUT2D eigenvalue weighted by molar-refractivity contribution is 6.02. The van der Waals surface area contributed by atoms with Crippen LogP contribution in [0.4, 0.5) is 10.1 Å². The van der Waals surface area contributed by atoms with Gasteiger partial charge in [0.2, 0.25) is 0 Å². The van der Waals surface area contributed by atoms with Crippen LogP contribution in [0.15, 0.2) is 18.2 Å². The number of halogens is 1. The lowest BCUT2D eigenvalue weighted by atomic mass is 10.0. The Morgan fingerprint density at radius 3 is 2.94 bits per heavy atom. The van der Waals surface area contributed by atoms with Gasteiger partial charge in [0.25, 0.3) is 5.91 Å². The number of carbonyl (C=O) groups is 1. The summed E-state index contributed by atoms with van der Waals surface area (Å²) in [5.41, 5.74) is 0.674. The first kappa shape index (κ1) is 9.59. The second kappa shape index (κ2) is 3.18. The summed E-state index contributed by atoms with van der Waals surface area (Å²) in [6.07, 6.45) is 0.829. The van der Waals surface area contributed by atoms with Crippen LogP contribution in [-0.2, 0) is 0 Å². The van der Waals surface area contributed by atoms with Gasteiger partial charge in [-0.2, -0.15) is 0 Å². The van der Waals surface area contributed by atoms with Gasteiger partial charge in [0, 0.05) is 18.7 Å². The minimum absolute atomic E-state index is 0.211. The van der Waals surface area contributed by atoms with E-state index >= 15 is 0 Å². The summed E-state index contributed by atoms with van der Waals surface area (Å²) in [6.45, 7) is 1.55. The molecular formula is C11H12FN3O. The van der Waals surface area contributed by atoms with E-state index in [2.05, 4.69) is 16.0 Å². The van der Waals surface area contributed by atoms with Gasteiger partial charge in [-0.15, -0.1) is 0 Å². The smallest absolute Gasteiger partial charge is 0.255 e. The molecule has 0 unspecified atom stereocenters. The summed E-state index contributed by atoms with van der Waals surface area (Å²) in [5.74, 6) is -0.604. The van der Waals surface area contributed by atoms with Crippen molar-refractivity contribution in [1.29, 1.82) is 0 Å². The number of benzene rings is 1. The van der Waals surface area contributed by atoms with Crippen molar-refractivity contribution in [2.45, 2.75) is 12.1 Å². The maximum Gasteiger partial charge on any atom is 0.255 e. The van der Waals surface area contributed by atoms with E-state index in [0.717, 1.165) is 13.0 Å². The van der Waals surface area contributed by atoms with Crippen LogP contribution in [0, 0.1) is 5.82 Å². The minimum Gasteiger partial charge on any atom is -0.361 e. The number of nitrogens with one attached hydrogen (secondary N) is 3. The van der Waals surface area contributed by atoms with Crippen LogP contribution in [-0.4, -0.2) is 24.7 Å². The molecule has 1 aromatic carbocycles. The van der Waals surface area contributed by atoms with Crippen molar-refractivity contribution in [3.63, 3.8) is 0 Å². The van der Waals surface area contributed by atoms with Crippen LogP contribution >= 0.6 is 0 Å². The summed E-state index contributed by atoms with van der Waals surface area (Å²) in [4.78, 5) is 11.9.